The first-order valence-corrected chi connectivity index (χ1v) is 10.3. The lowest BCUT2D eigenvalue weighted by Gasteiger charge is -2.27. The molecule has 0 bridgehead atoms. The first kappa shape index (κ1) is 19.9. The molecule has 0 spiro atoms. The fourth-order valence-corrected chi connectivity index (χ4v) is 4.22. The molecule has 0 radical (unpaired) electrons. The molecule has 0 unspecified atom stereocenters. The zero-order valence-corrected chi connectivity index (χ0v) is 19.0. The Morgan fingerprint density at radius 2 is 1.19 bits per heavy atom. The van der Waals surface area contributed by atoms with E-state index in [-0.39, 0.29) is 10.8 Å². The van der Waals surface area contributed by atoms with E-state index in [4.69, 9.17) is 0 Å². The second-order valence-electron chi connectivity index (χ2n) is 10.6. The van der Waals surface area contributed by atoms with Gasteiger partial charge in [0.25, 0.3) is 0 Å². The fraction of sp³-hybridized carbons (Fsp3) is 0.481. The molecule has 2 aromatic carbocycles. The highest BCUT2D eigenvalue weighted by molar-refractivity contribution is 5.85. The Morgan fingerprint density at radius 1 is 0.667 bits per heavy atom. The van der Waals surface area contributed by atoms with Crippen LogP contribution in [0.2, 0.25) is 0 Å². The Bertz CT molecular complexity index is 905. The molecule has 0 heterocycles. The van der Waals surface area contributed by atoms with Gasteiger partial charge in [-0.25, -0.2) is 0 Å². The summed E-state index contributed by atoms with van der Waals surface area (Å²) in [7, 11) is 0. The van der Waals surface area contributed by atoms with E-state index < -0.39 is 0 Å². The lowest BCUT2D eigenvalue weighted by atomic mass is 9.77. The topological polar surface area (TPSA) is 0 Å². The summed E-state index contributed by atoms with van der Waals surface area (Å²) in [5, 5.41) is 0. The summed E-state index contributed by atoms with van der Waals surface area (Å²) in [6.45, 7) is 23.1. The van der Waals surface area contributed by atoms with Gasteiger partial charge >= 0.3 is 0 Å². The molecule has 144 valence electrons. The molecule has 0 aromatic heterocycles. The average molecular weight is 361 g/mol. The molecule has 3 rings (SSSR count). The van der Waals surface area contributed by atoms with Gasteiger partial charge in [-0.2, -0.15) is 0 Å². The summed E-state index contributed by atoms with van der Waals surface area (Å²) in [6.07, 6.45) is 3.52. The molecule has 0 saturated carbocycles. The number of fused-ring (bicyclic) bond motifs is 1. The molecule has 0 amide bonds. The molecule has 1 aliphatic rings. The summed E-state index contributed by atoms with van der Waals surface area (Å²) >= 11 is 0. The van der Waals surface area contributed by atoms with E-state index in [0.29, 0.717) is 0 Å². The minimum absolute atomic E-state index is 0.137. The van der Waals surface area contributed by atoms with Crippen LogP contribution in [0.1, 0.15) is 87.4 Å². The van der Waals surface area contributed by atoms with Gasteiger partial charge in [0.1, 0.15) is 0 Å². The molecule has 0 nitrogen and oxygen atoms in total. The standard InChI is InChI=1S/C27H36/c1-16-11-23-18(3)17(2)19(4)25(24(23)12-16)20-13-21(26(5,6)7)15-22(14-20)27(8,9)10/h12-15H,11H2,1-10H3. The van der Waals surface area contributed by atoms with Gasteiger partial charge in [0.2, 0.25) is 0 Å². The lowest BCUT2D eigenvalue weighted by Crippen LogP contribution is -2.16. The number of hydrogen-bond acceptors (Lipinski definition) is 0. The number of hydrogen-bond donors (Lipinski definition) is 0. The summed E-state index contributed by atoms with van der Waals surface area (Å²) in [4.78, 5) is 0. The molecule has 2 aromatic rings. The van der Waals surface area contributed by atoms with Gasteiger partial charge in [-0.1, -0.05) is 71.4 Å². The minimum atomic E-state index is 0.137. The van der Waals surface area contributed by atoms with Crippen LogP contribution < -0.4 is 0 Å². The maximum absolute atomic E-state index is 2.44. The maximum Gasteiger partial charge on any atom is -0.00576 e. The van der Waals surface area contributed by atoms with Crippen molar-refractivity contribution in [2.24, 2.45) is 0 Å². The summed E-state index contributed by atoms with van der Waals surface area (Å²) in [6, 6.07) is 7.30. The molecular weight excluding hydrogens is 324 g/mol. The quantitative estimate of drug-likeness (QED) is 0.486. The van der Waals surface area contributed by atoms with E-state index >= 15 is 0 Å². The van der Waals surface area contributed by atoms with Gasteiger partial charge in [0.05, 0.1) is 0 Å². The second kappa shape index (κ2) is 6.36. The van der Waals surface area contributed by atoms with E-state index in [1.807, 2.05) is 0 Å². The highest BCUT2D eigenvalue weighted by atomic mass is 14.3. The predicted molar refractivity (Wildman–Crippen MR) is 121 cm³/mol. The summed E-state index contributed by atoms with van der Waals surface area (Å²) < 4.78 is 0. The fourth-order valence-electron chi connectivity index (χ4n) is 4.22. The van der Waals surface area contributed by atoms with Crippen LogP contribution in [0.25, 0.3) is 17.2 Å². The van der Waals surface area contributed by atoms with Crippen LogP contribution in [0, 0.1) is 20.8 Å². The van der Waals surface area contributed by atoms with Crippen molar-refractivity contribution >= 4 is 6.08 Å². The number of allylic oxidation sites excluding steroid dienone is 1. The van der Waals surface area contributed by atoms with Crippen molar-refractivity contribution < 1.29 is 0 Å². The Hall–Kier alpha value is -1.82. The van der Waals surface area contributed by atoms with Crippen molar-refractivity contribution in [3.63, 3.8) is 0 Å². The summed E-state index contributed by atoms with van der Waals surface area (Å²) in [5.74, 6) is 0. The van der Waals surface area contributed by atoms with E-state index in [2.05, 4.69) is 93.5 Å². The molecule has 1 aliphatic carbocycles. The van der Waals surface area contributed by atoms with E-state index in [1.165, 1.54) is 55.6 Å². The van der Waals surface area contributed by atoms with E-state index in [9.17, 15) is 0 Å². The zero-order chi connectivity index (χ0) is 20.3. The van der Waals surface area contributed by atoms with E-state index in [0.717, 1.165) is 6.42 Å². The molecule has 0 atom stereocenters. The highest BCUT2D eigenvalue weighted by Crippen LogP contribution is 2.42. The molecule has 27 heavy (non-hydrogen) atoms. The first-order chi connectivity index (χ1) is 12.3. The number of rotatable bonds is 1. The molecular formula is C27H36. The van der Waals surface area contributed by atoms with Crippen LogP contribution in [-0.2, 0) is 17.3 Å². The molecule has 0 heteroatoms. The molecule has 0 saturated heterocycles. The summed E-state index contributed by atoms with van der Waals surface area (Å²) in [5.41, 5.74) is 14.8. The third-order valence-electron chi connectivity index (χ3n) is 6.35. The third-order valence-corrected chi connectivity index (χ3v) is 6.35. The van der Waals surface area contributed by atoms with Crippen molar-refractivity contribution in [1.29, 1.82) is 0 Å². The maximum atomic E-state index is 2.44. The Kier molecular flexibility index (Phi) is 4.70. The van der Waals surface area contributed by atoms with Crippen LogP contribution in [0.5, 0.6) is 0 Å². The van der Waals surface area contributed by atoms with Crippen LogP contribution in [-0.4, -0.2) is 0 Å². The van der Waals surface area contributed by atoms with Crippen molar-refractivity contribution in [2.75, 3.05) is 0 Å². The minimum Gasteiger partial charge on any atom is -0.0683 e. The SMILES string of the molecule is CC1=Cc2c(c(C)c(C)c(C)c2-c2cc(C(C)(C)C)cc(C(C)(C)C)c2)C1. The average Bonchev–Trinajstić information content (AvgIpc) is 2.92. The van der Waals surface area contributed by atoms with Gasteiger partial charge in [0, 0.05) is 0 Å². The Morgan fingerprint density at radius 3 is 1.67 bits per heavy atom. The van der Waals surface area contributed by atoms with Gasteiger partial charge in [-0.05, 0) is 95.0 Å². The van der Waals surface area contributed by atoms with Crippen LogP contribution >= 0.6 is 0 Å². The first-order valence-electron chi connectivity index (χ1n) is 10.3. The van der Waals surface area contributed by atoms with Crippen LogP contribution in [0.4, 0.5) is 0 Å². The normalized spacial score (nSPS) is 14.4. The van der Waals surface area contributed by atoms with Gasteiger partial charge in [0.15, 0.2) is 0 Å². The van der Waals surface area contributed by atoms with Gasteiger partial charge in [-0.15, -0.1) is 0 Å². The van der Waals surface area contributed by atoms with Crippen LogP contribution in [0.3, 0.4) is 0 Å². The van der Waals surface area contributed by atoms with E-state index in [1.54, 1.807) is 0 Å². The lowest BCUT2D eigenvalue weighted by molar-refractivity contribution is 0.569. The van der Waals surface area contributed by atoms with Crippen molar-refractivity contribution in [3.05, 3.63) is 62.7 Å². The van der Waals surface area contributed by atoms with Crippen molar-refractivity contribution in [1.82, 2.24) is 0 Å². The third kappa shape index (κ3) is 3.51. The number of benzene rings is 2. The van der Waals surface area contributed by atoms with Crippen molar-refractivity contribution in [2.45, 2.75) is 86.5 Å². The monoisotopic (exact) mass is 360 g/mol. The van der Waals surface area contributed by atoms with Gasteiger partial charge in [-0.3, -0.25) is 0 Å². The second-order valence-corrected chi connectivity index (χ2v) is 10.6. The molecule has 0 N–H and O–H groups in total. The Balaban J connectivity index is 2.39. The smallest absolute Gasteiger partial charge is 0.00576 e. The highest BCUT2D eigenvalue weighted by Gasteiger charge is 2.25. The largest absolute Gasteiger partial charge is 0.0683 e. The molecule has 0 fully saturated rings. The molecule has 0 aliphatic heterocycles. The predicted octanol–water partition coefficient (Wildman–Crippen LogP) is 7.83. The van der Waals surface area contributed by atoms with Crippen LogP contribution in [0.15, 0.2) is 23.8 Å². The zero-order valence-electron chi connectivity index (χ0n) is 19.0. The Labute approximate surface area is 166 Å². The van der Waals surface area contributed by atoms with Gasteiger partial charge < -0.3 is 0 Å². The van der Waals surface area contributed by atoms with Crippen molar-refractivity contribution in [3.8, 4) is 11.1 Å².